The van der Waals surface area contributed by atoms with Gasteiger partial charge in [-0.15, -0.1) is 0 Å². The molecule has 0 aliphatic heterocycles. The van der Waals surface area contributed by atoms with Crippen LogP contribution in [0.1, 0.15) is 32.5 Å². The molecule has 2 aromatic heterocycles. The normalized spacial score (nSPS) is 17.0. The summed E-state index contributed by atoms with van der Waals surface area (Å²) in [5.41, 5.74) is 2.71. The Morgan fingerprint density at radius 2 is 2.24 bits per heavy atom. The van der Waals surface area contributed by atoms with Gasteiger partial charge in [-0.25, -0.2) is 9.97 Å². The Balaban J connectivity index is 2.12. The lowest BCUT2D eigenvalue weighted by molar-refractivity contribution is 0.296. The van der Waals surface area contributed by atoms with Crippen LogP contribution in [0.2, 0.25) is 0 Å². The second-order valence-corrected chi connectivity index (χ2v) is 5.14. The summed E-state index contributed by atoms with van der Waals surface area (Å²) < 4.78 is 5.46. The highest BCUT2D eigenvalue weighted by molar-refractivity contribution is 6.25. The van der Waals surface area contributed by atoms with Gasteiger partial charge in [0.05, 0.1) is 30.0 Å². The van der Waals surface area contributed by atoms with E-state index in [-0.39, 0.29) is 0 Å². The first-order chi connectivity index (χ1) is 10.2. The highest BCUT2D eigenvalue weighted by Gasteiger charge is 2.32. The third-order valence-electron chi connectivity index (χ3n) is 3.62. The fraction of sp³-hybridized carbons (Fsp3) is 0.467. The van der Waals surface area contributed by atoms with Gasteiger partial charge in [-0.2, -0.15) is 5.10 Å². The standard InChI is InChI=1S/C15H19N5O/c1-4-16-13(10-5-6-10)12(9(2)21-3)15-17-7-11-8-18-20-14(11)19-15/h7-8,10H,4-6H2,1-3H3,(H,17,18,19,20)/b12-9-,16-13?. The summed E-state index contributed by atoms with van der Waals surface area (Å²) >= 11 is 0. The van der Waals surface area contributed by atoms with Crippen LogP contribution in [0.15, 0.2) is 23.1 Å². The summed E-state index contributed by atoms with van der Waals surface area (Å²) in [6.07, 6.45) is 5.84. The monoisotopic (exact) mass is 285 g/mol. The number of nitrogens with zero attached hydrogens (tertiary/aromatic N) is 4. The number of rotatable bonds is 5. The minimum absolute atomic E-state index is 0.506. The number of fused-ring (bicyclic) bond motifs is 1. The minimum Gasteiger partial charge on any atom is -0.501 e. The quantitative estimate of drug-likeness (QED) is 0.676. The molecule has 6 nitrogen and oxygen atoms in total. The first kappa shape index (κ1) is 13.7. The topological polar surface area (TPSA) is 76.1 Å². The van der Waals surface area contributed by atoms with Gasteiger partial charge in [-0.05, 0) is 26.7 Å². The predicted octanol–water partition coefficient (Wildman–Crippen LogP) is 2.60. The Morgan fingerprint density at radius 1 is 1.43 bits per heavy atom. The van der Waals surface area contributed by atoms with Crippen molar-refractivity contribution in [3.05, 3.63) is 24.0 Å². The second-order valence-electron chi connectivity index (χ2n) is 5.14. The van der Waals surface area contributed by atoms with Gasteiger partial charge in [0.15, 0.2) is 11.5 Å². The Labute approximate surface area is 123 Å². The van der Waals surface area contributed by atoms with Gasteiger partial charge in [0.1, 0.15) is 5.76 Å². The number of allylic oxidation sites excluding steroid dienone is 2. The zero-order valence-corrected chi connectivity index (χ0v) is 12.6. The van der Waals surface area contributed by atoms with Crippen LogP contribution in [0.5, 0.6) is 0 Å². The average molecular weight is 285 g/mol. The minimum atomic E-state index is 0.506. The number of H-pyrrole nitrogens is 1. The Kier molecular flexibility index (Phi) is 3.68. The molecule has 1 N–H and O–H groups in total. The summed E-state index contributed by atoms with van der Waals surface area (Å²) in [7, 11) is 1.67. The summed E-state index contributed by atoms with van der Waals surface area (Å²) in [5, 5.41) is 7.77. The van der Waals surface area contributed by atoms with Crippen LogP contribution < -0.4 is 0 Å². The summed E-state index contributed by atoms with van der Waals surface area (Å²) in [6, 6.07) is 0. The van der Waals surface area contributed by atoms with E-state index in [1.54, 1.807) is 19.5 Å². The average Bonchev–Trinajstić information content (AvgIpc) is 3.24. The molecular formula is C15H19N5O. The van der Waals surface area contributed by atoms with Crippen LogP contribution in [0.25, 0.3) is 16.6 Å². The van der Waals surface area contributed by atoms with Crippen molar-refractivity contribution in [3.63, 3.8) is 0 Å². The SMILES string of the molecule is CCN=C(/C(=C(\C)OC)c1ncc2cn[nH]c2n1)C1CC1. The third kappa shape index (κ3) is 2.66. The number of aliphatic imine (C=N–C) groups is 1. The summed E-state index contributed by atoms with van der Waals surface area (Å²) in [4.78, 5) is 13.7. The molecule has 1 aliphatic rings. The van der Waals surface area contributed by atoms with Crippen LogP contribution in [0.4, 0.5) is 0 Å². The van der Waals surface area contributed by atoms with E-state index in [0.29, 0.717) is 11.7 Å². The number of hydrogen-bond acceptors (Lipinski definition) is 5. The Morgan fingerprint density at radius 3 is 2.90 bits per heavy atom. The largest absolute Gasteiger partial charge is 0.501 e. The van der Waals surface area contributed by atoms with Crippen LogP contribution in [0, 0.1) is 5.92 Å². The van der Waals surface area contributed by atoms with E-state index in [1.807, 2.05) is 13.8 Å². The molecule has 0 atom stereocenters. The van der Waals surface area contributed by atoms with Gasteiger partial charge in [0, 0.05) is 18.7 Å². The molecule has 1 fully saturated rings. The Bertz CT molecular complexity index is 712. The van der Waals surface area contributed by atoms with Crippen LogP contribution in [-0.4, -0.2) is 39.5 Å². The second kappa shape index (κ2) is 5.63. The highest BCUT2D eigenvalue weighted by atomic mass is 16.5. The smallest absolute Gasteiger partial charge is 0.166 e. The molecule has 3 rings (SSSR count). The van der Waals surface area contributed by atoms with Crippen molar-refractivity contribution < 1.29 is 4.74 Å². The molecule has 110 valence electrons. The van der Waals surface area contributed by atoms with Crippen molar-refractivity contribution in [1.29, 1.82) is 0 Å². The maximum Gasteiger partial charge on any atom is 0.166 e. The highest BCUT2D eigenvalue weighted by Crippen LogP contribution is 2.37. The van der Waals surface area contributed by atoms with Gasteiger partial charge in [0.2, 0.25) is 0 Å². The molecule has 0 bridgehead atoms. The molecule has 1 saturated carbocycles. The van der Waals surface area contributed by atoms with Crippen molar-refractivity contribution in [2.75, 3.05) is 13.7 Å². The first-order valence-corrected chi connectivity index (χ1v) is 7.20. The molecule has 0 amide bonds. The van der Waals surface area contributed by atoms with Crippen molar-refractivity contribution >= 4 is 22.3 Å². The van der Waals surface area contributed by atoms with Crippen LogP contribution in [0.3, 0.4) is 0 Å². The fourth-order valence-corrected chi connectivity index (χ4v) is 2.35. The third-order valence-corrected chi connectivity index (χ3v) is 3.62. The van der Waals surface area contributed by atoms with E-state index in [2.05, 4.69) is 25.2 Å². The van der Waals surface area contributed by atoms with Crippen LogP contribution >= 0.6 is 0 Å². The lowest BCUT2D eigenvalue weighted by atomic mass is 10.0. The molecular weight excluding hydrogens is 266 g/mol. The van der Waals surface area contributed by atoms with Crippen molar-refractivity contribution in [2.24, 2.45) is 10.9 Å². The van der Waals surface area contributed by atoms with Crippen molar-refractivity contribution in [3.8, 4) is 0 Å². The maximum atomic E-state index is 5.46. The van der Waals surface area contributed by atoms with Gasteiger partial charge < -0.3 is 4.74 Å². The first-order valence-electron chi connectivity index (χ1n) is 7.20. The number of hydrogen-bond donors (Lipinski definition) is 1. The van der Waals surface area contributed by atoms with Crippen LogP contribution in [-0.2, 0) is 4.74 Å². The lowest BCUT2D eigenvalue weighted by Gasteiger charge is -2.13. The molecule has 0 radical (unpaired) electrons. The molecule has 0 spiro atoms. The molecule has 0 unspecified atom stereocenters. The van der Waals surface area contributed by atoms with E-state index >= 15 is 0 Å². The predicted molar refractivity (Wildman–Crippen MR) is 82.0 cm³/mol. The van der Waals surface area contributed by atoms with Gasteiger partial charge >= 0.3 is 0 Å². The lowest BCUT2D eigenvalue weighted by Crippen LogP contribution is -2.11. The van der Waals surface area contributed by atoms with E-state index in [1.165, 1.54) is 12.8 Å². The Hall–Kier alpha value is -2.24. The molecule has 2 aromatic rings. The van der Waals surface area contributed by atoms with E-state index in [9.17, 15) is 0 Å². The maximum absolute atomic E-state index is 5.46. The number of methoxy groups -OCH3 is 1. The molecule has 2 heterocycles. The summed E-state index contributed by atoms with van der Waals surface area (Å²) in [5.74, 6) is 1.95. The molecule has 21 heavy (non-hydrogen) atoms. The molecule has 6 heteroatoms. The molecule has 1 aliphatic carbocycles. The number of nitrogens with one attached hydrogen (secondary N) is 1. The molecule has 0 saturated heterocycles. The molecule has 0 aromatic carbocycles. The van der Waals surface area contributed by atoms with Gasteiger partial charge in [-0.3, -0.25) is 10.1 Å². The van der Waals surface area contributed by atoms with Crippen molar-refractivity contribution in [2.45, 2.75) is 26.7 Å². The van der Waals surface area contributed by atoms with Gasteiger partial charge in [0.25, 0.3) is 0 Å². The number of aromatic amines is 1. The summed E-state index contributed by atoms with van der Waals surface area (Å²) in [6.45, 7) is 4.73. The number of ether oxygens (including phenoxy) is 1. The zero-order chi connectivity index (χ0) is 14.8. The number of aromatic nitrogens is 4. The van der Waals surface area contributed by atoms with E-state index in [4.69, 9.17) is 4.74 Å². The zero-order valence-electron chi connectivity index (χ0n) is 12.6. The van der Waals surface area contributed by atoms with Crippen molar-refractivity contribution in [1.82, 2.24) is 20.2 Å². The van der Waals surface area contributed by atoms with E-state index < -0.39 is 0 Å². The van der Waals surface area contributed by atoms with E-state index in [0.717, 1.165) is 34.6 Å². The fourth-order valence-electron chi connectivity index (χ4n) is 2.35. The van der Waals surface area contributed by atoms with Gasteiger partial charge in [-0.1, -0.05) is 0 Å².